The molecule has 1 aromatic carbocycles. The van der Waals surface area contributed by atoms with Gasteiger partial charge < -0.3 is 5.73 Å². The third-order valence-electron chi connectivity index (χ3n) is 2.36. The van der Waals surface area contributed by atoms with E-state index in [1.807, 2.05) is 24.4 Å². The van der Waals surface area contributed by atoms with Crippen LogP contribution in [0.2, 0.25) is 0 Å². The lowest BCUT2D eigenvalue weighted by atomic mass is 10.1. The molecule has 0 bridgehead atoms. The topological polar surface area (TPSA) is 64.7 Å². The highest BCUT2D eigenvalue weighted by Crippen LogP contribution is 2.20. The number of hydrogen-bond donors (Lipinski definition) is 1. The van der Waals surface area contributed by atoms with E-state index < -0.39 is 0 Å². The molecule has 3 rings (SSSR count). The van der Waals surface area contributed by atoms with Crippen molar-refractivity contribution in [2.75, 3.05) is 5.73 Å². The van der Waals surface area contributed by atoms with Gasteiger partial charge in [-0.05, 0) is 23.6 Å². The van der Waals surface area contributed by atoms with Crippen molar-refractivity contribution in [2.45, 2.75) is 0 Å². The molecular formula is C11H8N4. The number of anilines is 1. The number of fused-ring (bicyclic) bond motifs is 2. The monoisotopic (exact) mass is 196 g/mol. The van der Waals surface area contributed by atoms with Crippen molar-refractivity contribution < 1.29 is 0 Å². The number of nitrogens with two attached hydrogens (primary N) is 1. The smallest absolute Gasteiger partial charge is 0.220 e. The minimum Gasteiger partial charge on any atom is -0.368 e. The Labute approximate surface area is 85.8 Å². The van der Waals surface area contributed by atoms with Crippen molar-refractivity contribution in [3.8, 4) is 0 Å². The molecule has 2 aromatic heterocycles. The maximum atomic E-state index is 5.53. The van der Waals surface area contributed by atoms with E-state index in [1.165, 1.54) is 0 Å². The lowest BCUT2D eigenvalue weighted by molar-refractivity contribution is 1.24. The van der Waals surface area contributed by atoms with Gasteiger partial charge in [-0.3, -0.25) is 4.98 Å². The van der Waals surface area contributed by atoms with E-state index in [1.54, 1.807) is 12.4 Å². The average molecular weight is 196 g/mol. The highest BCUT2D eigenvalue weighted by Gasteiger charge is 1.99. The number of benzene rings is 1. The lowest BCUT2D eigenvalue weighted by Gasteiger charge is -2.00. The number of aromatic nitrogens is 3. The summed E-state index contributed by atoms with van der Waals surface area (Å²) in [4.78, 5) is 12.2. The predicted molar refractivity (Wildman–Crippen MR) is 59.3 cm³/mol. The molecule has 0 amide bonds. The number of nitrogen functional groups attached to an aromatic ring is 1. The van der Waals surface area contributed by atoms with E-state index in [-0.39, 0.29) is 0 Å². The van der Waals surface area contributed by atoms with Gasteiger partial charge in [-0.2, -0.15) is 0 Å². The van der Waals surface area contributed by atoms with Gasteiger partial charge in [0.2, 0.25) is 5.95 Å². The Morgan fingerprint density at radius 1 is 1.00 bits per heavy atom. The highest BCUT2D eigenvalue weighted by atomic mass is 15.0. The van der Waals surface area contributed by atoms with Crippen molar-refractivity contribution in [1.82, 2.24) is 15.0 Å². The first-order valence-electron chi connectivity index (χ1n) is 4.59. The van der Waals surface area contributed by atoms with Crippen molar-refractivity contribution in [1.29, 1.82) is 0 Å². The molecular weight excluding hydrogens is 188 g/mol. The normalized spacial score (nSPS) is 10.9. The minimum atomic E-state index is 0.302. The Morgan fingerprint density at radius 2 is 1.93 bits per heavy atom. The molecule has 0 aliphatic rings. The summed E-state index contributed by atoms with van der Waals surface area (Å²) in [7, 11) is 0. The van der Waals surface area contributed by atoms with Crippen molar-refractivity contribution in [3.63, 3.8) is 0 Å². The molecule has 0 aliphatic heterocycles. The summed E-state index contributed by atoms with van der Waals surface area (Å²) in [5.74, 6) is 0.302. The largest absolute Gasteiger partial charge is 0.368 e. The third-order valence-corrected chi connectivity index (χ3v) is 2.36. The summed E-state index contributed by atoms with van der Waals surface area (Å²) >= 11 is 0. The quantitative estimate of drug-likeness (QED) is 0.556. The van der Waals surface area contributed by atoms with E-state index in [2.05, 4.69) is 15.0 Å². The molecule has 2 heterocycles. The summed E-state index contributed by atoms with van der Waals surface area (Å²) < 4.78 is 0. The van der Waals surface area contributed by atoms with E-state index in [4.69, 9.17) is 5.73 Å². The first-order valence-corrected chi connectivity index (χ1v) is 4.59. The Kier molecular flexibility index (Phi) is 1.56. The molecule has 72 valence electrons. The van der Waals surface area contributed by atoms with Crippen LogP contribution in [0.15, 0.2) is 36.8 Å². The molecule has 4 heteroatoms. The van der Waals surface area contributed by atoms with Crippen LogP contribution in [0.4, 0.5) is 5.95 Å². The summed E-state index contributed by atoms with van der Waals surface area (Å²) in [5.41, 5.74) is 6.40. The van der Waals surface area contributed by atoms with Crippen molar-refractivity contribution in [3.05, 3.63) is 36.8 Å². The molecule has 15 heavy (non-hydrogen) atoms. The fourth-order valence-electron chi connectivity index (χ4n) is 1.63. The average Bonchev–Trinajstić information content (AvgIpc) is 2.26. The Balaban J connectivity index is 2.47. The van der Waals surface area contributed by atoms with Crippen LogP contribution in [0.25, 0.3) is 21.7 Å². The number of rotatable bonds is 0. The summed E-state index contributed by atoms with van der Waals surface area (Å²) in [5, 5.41) is 3.17. The van der Waals surface area contributed by atoms with E-state index in [9.17, 15) is 0 Å². The Morgan fingerprint density at radius 3 is 2.87 bits per heavy atom. The van der Waals surface area contributed by atoms with Crippen LogP contribution in [-0.2, 0) is 0 Å². The molecule has 0 saturated carbocycles. The second kappa shape index (κ2) is 2.88. The molecule has 0 fully saturated rings. The van der Waals surface area contributed by atoms with Gasteiger partial charge in [0.1, 0.15) is 0 Å². The van der Waals surface area contributed by atoms with Crippen LogP contribution in [0.3, 0.4) is 0 Å². The maximum Gasteiger partial charge on any atom is 0.220 e. The Bertz CT molecular complexity index is 648. The van der Waals surface area contributed by atoms with Gasteiger partial charge in [-0.15, -0.1) is 0 Å². The van der Waals surface area contributed by atoms with Gasteiger partial charge in [-0.25, -0.2) is 9.97 Å². The van der Waals surface area contributed by atoms with Crippen LogP contribution < -0.4 is 5.73 Å². The molecule has 3 aromatic rings. The molecule has 0 saturated heterocycles. The Hall–Kier alpha value is -2.23. The molecule has 2 N–H and O–H groups in total. The standard InChI is InChI=1S/C11H8N4/c12-11-14-6-9-3-8-5-13-2-1-7(8)4-10(9)15-11/h1-6H,(H2,12,14,15). The van der Waals surface area contributed by atoms with E-state index in [0.29, 0.717) is 5.95 Å². The van der Waals surface area contributed by atoms with Gasteiger partial charge in [0.05, 0.1) is 5.52 Å². The van der Waals surface area contributed by atoms with Crippen LogP contribution in [-0.4, -0.2) is 15.0 Å². The van der Waals surface area contributed by atoms with Gasteiger partial charge in [0.15, 0.2) is 0 Å². The molecule has 0 spiro atoms. The third kappa shape index (κ3) is 1.27. The fraction of sp³-hybridized carbons (Fsp3) is 0. The van der Waals surface area contributed by atoms with Gasteiger partial charge in [-0.1, -0.05) is 0 Å². The van der Waals surface area contributed by atoms with Crippen LogP contribution in [0.1, 0.15) is 0 Å². The first kappa shape index (κ1) is 8.11. The molecule has 0 radical (unpaired) electrons. The first-order chi connectivity index (χ1) is 7.33. The second-order valence-electron chi connectivity index (χ2n) is 3.36. The summed E-state index contributed by atoms with van der Waals surface area (Å²) in [6.07, 6.45) is 5.31. The zero-order chi connectivity index (χ0) is 10.3. The number of pyridine rings is 1. The minimum absolute atomic E-state index is 0.302. The SMILES string of the molecule is Nc1ncc2cc3cnccc3cc2n1. The summed E-state index contributed by atoms with van der Waals surface area (Å²) in [6, 6.07) is 5.95. The van der Waals surface area contributed by atoms with Crippen molar-refractivity contribution >= 4 is 27.6 Å². The molecule has 0 atom stereocenters. The second-order valence-corrected chi connectivity index (χ2v) is 3.36. The van der Waals surface area contributed by atoms with Gasteiger partial charge in [0.25, 0.3) is 0 Å². The van der Waals surface area contributed by atoms with E-state index >= 15 is 0 Å². The van der Waals surface area contributed by atoms with Crippen LogP contribution in [0.5, 0.6) is 0 Å². The molecule has 0 unspecified atom stereocenters. The molecule has 0 aliphatic carbocycles. The zero-order valence-corrected chi connectivity index (χ0v) is 7.88. The van der Waals surface area contributed by atoms with Crippen LogP contribution >= 0.6 is 0 Å². The predicted octanol–water partition coefficient (Wildman–Crippen LogP) is 1.76. The zero-order valence-electron chi connectivity index (χ0n) is 7.88. The highest BCUT2D eigenvalue weighted by molar-refractivity contribution is 5.95. The van der Waals surface area contributed by atoms with Gasteiger partial charge >= 0.3 is 0 Å². The van der Waals surface area contributed by atoms with E-state index in [0.717, 1.165) is 21.7 Å². The summed E-state index contributed by atoms with van der Waals surface area (Å²) in [6.45, 7) is 0. The number of nitrogens with zero attached hydrogens (tertiary/aromatic N) is 3. The maximum absolute atomic E-state index is 5.53. The van der Waals surface area contributed by atoms with Crippen LogP contribution in [0, 0.1) is 0 Å². The number of hydrogen-bond acceptors (Lipinski definition) is 4. The lowest BCUT2D eigenvalue weighted by Crippen LogP contribution is -1.93. The van der Waals surface area contributed by atoms with Gasteiger partial charge in [0, 0.05) is 29.4 Å². The van der Waals surface area contributed by atoms with Crippen molar-refractivity contribution in [2.24, 2.45) is 0 Å². The fourth-order valence-corrected chi connectivity index (χ4v) is 1.63. The molecule has 4 nitrogen and oxygen atoms in total.